The number of hydrogen-bond donors (Lipinski definition) is 3. The highest BCUT2D eigenvalue weighted by molar-refractivity contribution is 5.69. The molecule has 0 unspecified atom stereocenters. The Morgan fingerprint density at radius 1 is 1.25 bits per heavy atom. The lowest BCUT2D eigenvalue weighted by Gasteiger charge is -2.65. The standard InChI is InChI=1S/C22H33N3O3/c1-4-20-8-5-10-25-11-9-21(17(20)25)15-7-6-14(28-3)12-16(15)24(2)18(21)22(27,13-23)19(20)26/h6-7,12,17-19,26-27H,4-5,8-11,13,23H2,1-3H3/t17-,18+,19-,20+,21+,22+/m1/s1. The highest BCUT2D eigenvalue weighted by Gasteiger charge is 2.76. The smallest absolute Gasteiger partial charge is 0.124 e. The van der Waals surface area contributed by atoms with Gasteiger partial charge in [-0.1, -0.05) is 13.0 Å². The predicted octanol–water partition coefficient (Wildman–Crippen LogP) is 1.08. The molecule has 5 rings (SSSR count). The zero-order chi connectivity index (χ0) is 19.9. The van der Waals surface area contributed by atoms with Gasteiger partial charge in [-0.05, 0) is 50.4 Å². The molecule has 154 valence electrons. The van der Waals surface area contributed by atoms with Crippen molar-refractivity contribution >= 4 is 5.69 Å². The van der Waals surface area contributed by atoms with Crippen molar-refractivity contribution in [3.05, 3.63) is 23.8 Å². The molecule has 4 N–H and O–H groups in total. The van der Waals surface area contributed by atoms with Gasteiger partial charge in [-0.25, -0.2) is 0 Å². The summed E-state index contributed by atoms with van der Waals surface area (Å²) in [4.78, 5) is 4.76. The molecule has 6 nitrogen and oxygen atoms in total. The molecule has 28 heavy (non-hydrogen) atoms. The summed E-state index contributed by atoms with van der Waals surface area (Å²) in [7, 11) is 3.72. The van der Waals surface area contributed by atoms with Crippen LogP contribution in [0.5, 0.6) is 5.75 Å². The number of methoxy groups -OCH3 is 1. The molecule has 3 aliphatic heterocycles. The van der Waals surface area contributed by atoms with E-state index in [2.05, 4.69) is 28.9 Å². The molecular formula is C22H33N3O3. The Labute approximate surface area is 167 Å². The number of ether oxygens (including phenoxy) is 1. The average molecular weight is 388 g/mol. The second-order valence-electron chi connectivity index (χ2n) is 9.41. The summed E-state index contributed by atoms with van der Waals surface area (Å²) in [5.74, 6) is 0.817. The van der Waals surface area contributed by atoms with E-state index in [1.165, 1.54) is 5.56 Å². The van der Waals surface area contributed by atoms with Crippen LogP contribution in [0.15, 0.2) is 18.2 Å². The molecular weight excluding hydrogens is 354 g/mol. The number of rotatable bonds is 3. The van der Waals surface area contributed by atoms with Crippen LogP contribution >= 0.6 is 0 Å². The van der Waals surface area contributed by atoms with Crippen LogP contribution in [0.1, 0.15) is 38.2 Å². The third-order valence-electron chi connectivity index (χ3n) is 8.74. The normalized spacial score (nSPS) is 44.2. The lowest BCUT2D eigenvalue weighted by Crippen LogP contribution is -2.80. The van der Waals surface area contributed by atoms with Gasteiger partial charge >= 0.3 is 0 Å². The molecule has 0 bridgehead atoms. The molecule has 1 aromatic rings. The minimum atomic E-state index is -1.35. The molecule has 6 heteroatoms. The molecule has 3 fully saturated rings. The predicted molar refractivity (Wildman–Crippen MR) is 109 cm³/mol. The summed E-state index contributed by atoms with van der Waals surface area (Å²) in [6.45, 7) is 4.31. The zero-order valence-corrected chi connectivity index (χ0v) is 17.2. The Bertz CT molecular complexity index is 803. The molecule has 6 atom stereocenters. The Balaban J connectivity index is 1.81. The average Bonchev–Trinajstić information content (AvgIpc) is 3.23. The molecule has 2 saturated heterocycles. The van der Waals surface area contributed by atoms with Gasteiger partial charge in [0.15, 0.2) is 0 Å². The Morgan fingerprint density at radius 3 is 2.71 bits per heavy atom. The van der Waals surface area contributed by atoms with Gasteiger partial charge < -0.3 is 25.6 Å². The molecule has 1 spiro atoms. The summed E-state index contributed by atoms with van der Waals surface area (Å²) in [6.07, 6.45) is 3.01. The number of benzene rings is 1. The van der Waals surface area contributed by atoms with Crippen molar-refractivity contribution in [1.82, 2.24) is 4.90 Å². The van der Waals surface area contributed by atoms with Crippen LogP contribution in [0.2, 0.25) is 0 Å². The number of likely N-dealkylation sites (N-methyl/N-ethyl adjacent to an activating group) is 1. The second-order valence-corrected chi connectivity index (χ2v) is 9.41. The van der Waals surface area contributed by atoms with Crippen molar-refractivity contribution in [3.63, 3.8) is 0 Å². The first kappa shape index (κ1) is 18.7. The maximum Gasteiger partial charge on any atom is 0.124 e. The number of nitrogens with two attached hydrogens (primary N) is 1. The molecule has 0 radical (unpaired) electrons. The third-order valence-corrected chi connectivity index (χ3v) is 8.74. The van der Waals surface area contributed by atoms with Gasteiger partial charge in [0, 0.05) is 42.2 Å². The lowest BCUT2D eigenvalue weighted by molar-refractivity contribution is -0.219. The van der Waals surface area contributed by atoms with Crippen LogP contribution < -0.4 is 15.4 Å². The number of nitrogens with zero attached hydrogens (tertiary/aromatic N) is 2. The SMILES string of the molecule is CC[C@@]12CCCN3CC[C@]4(c5ccc(OC)cc5N(C)[C@@H]4[C@@](O)(CN)[C@@H]1O)[C@H]32. The van der Waals surface area contributed by atoms with Crippen LogP contribution in [-0.2, 0) is 5.41 Å². The minimum Gasteiger partial charge on any atom is -0.497 e. The van der Waals surface area contributed by atoms with E-state index < -0.39 is 11.7 Å². The maximum atomic E-state index is 12.0. The van der Waals surface area contributed by atoms with E-state index in [0.717, 1.165) is 50.2 Å². The van der Waals surface area contributed by atoms with Crippen molar-refractivity contribution in [2.24, 2.45) is 11.1 Å². The van der Waals surface area contributed by atoms with Crippen molar-refractivity contribution in [1.29, 1.82) is 0 Å². The Hall–Kier alpha value is -1.34. The topological polar surface area (TPSA) is 82.2 Å². The summed E-state index contributed by atoms with van der Waals surface area (Å²) in [6, 6.07) is 6.29. The van der Waals surface area contributed by atoms with Crippen LogP contribution in [0.4, 0.5) is 5.69 Å². The molecule has 1 aromatic carbocycles. The van der Waals surface area contributed by atoms with E-state index in [0.29, 0.717) is 0 Å². The Kier molecular flexibility index (Phi) is 3.90. The van der Waals surface area contributed by atoms with Crippen LogP contribution in [0.25, 0.3) is 0 Å². The number of hydrogen-bond acceptors (Lipinski definition) is 6. The van der Waals surface area contributed by atoms with E-state index in [9.17, 15) is 10.2 Å². The van der Waals surface area contributed by atoms with Crippen LogP contribution in [0.3, 0.4) is 0 Å². The molecule has 0 aromatic heterocycles. The van der Waals surface area contributed by atoms with Gasteiger partial charge in [-0.3, -0.25) is 4.90 Å². The largest absolute Gasteiger partial charge is 0.497 e. The zero-order valence-electron chi connectivity index (χ0n) is 17.2. The fourth-order valence-corrected chi connectivity index (χ4v) is 7.81. The fourth-order valence-electron chi connectivity index (χ4n) is 7.81. The maximum absolute atomic E-state index is 12.0. The van der Waals surface area contributed by atoms with Gasteiger partial charge in [-0.15, -0.1) is 0 Å². The molecule has 1 saturated carbocycles. The molecule has 4 aliphatic rings. The minimum absolute atomic E-state index is 0.0600. The van der Waals surface area contributed by atoms with Gasteiger partial charge in [0.1, 0.15) is 11.4 Å². The van der Waals surface area contributed by atoms with Gasteiger partial charge in [-0.2, -0.15) is 0 Å². The van der Waals surface area contributed by atoms with Crippen molar-refractivity contribution in [2.75, 3.05) is 38.7 Å². The van der Waals surface area contributed by atoms with Gasteiger partial charge in [0.2, 0.25) is 0 Å². The molecule has 1 aliphatic carbocycles. The van der Waals surface area contributed by atoms with Crippen molar-refractivity contribution < 1.29 is 14.9 Å². The van der Waals surface area contributed by atoms with Crippen LogP contribution in [0, 0.1) is 5.41 Å². The first-order valence-electron chi connectivity index (χ1n) is 10.7. The van der Waals surface area contributed by atoms with E-state index in [-0.39, 0.29) is 29.5 Å². The van der Waals surface area contributed by atoms with E-state index in [1.807, 2.05) is 13.1 Å². The number of aliphatic hydroxyl groups is 2. The van der Waals surface area contributed by atoms with E-state index in [1.54, 1.807) is 7.11 Å². The first-order chi connectivity index (χ1) is 13.4. The monoisotopic (exact) mass is 387 g/mol. The van der Waals surface area contributed by atoms with Gasteiger partial charge in [0.05, 0.1) is 19.3 Å². The van der Waals surface area contributed by atoms with Crippen molar-refractivity contribution in [3.8, 4) is 5.75 Å². The number of piperidine rings is 1. The van der Waals surface area contributed by atoms with E-state index in [4.69, 9.17) is 10.5 Å². The highest BCUT2D eigenvalue weighted by Crippen LogP contribution is 2.67. The second kappa shape index (κ2) is 5.85. The lowest BCUT2D eigenvalue weighted by atomic mass is 9.47. The number of fused-ring (bicyclic) bond motifs is 1. The summed E-state index contributed by atoms with van der Waals surface area (Å²) in [5, 5.41) is 23.6. The first-order valence-corrected chi connectivity index (χ1v) is 10.7. The summed E-state index contributed by atoms with van der Waals surface area (Å²) in [5.41, 5.74) is 6.71. The molecule has 0 amide bonds. The van der Waals surface area contributed by atoms with Crippen LogP contribution in [-0.4, -0.2) is 72.7 Å². The Morgan fingerprint density at radius 2 is 2.04 bits per heavy atom. The summed E-state index contributed by atoms with van der Waals surface area (Å²) >= 11 is 0. The van der Waals surface area contributed by atoms with Gasteiger partial charge in [0.25, 0.3) is 0 Å². The number of anilines is 1. The van der Waals surface area contributed by atoms with E-state index >= 15 is 0 Å². The third kappa shape index (κ3) is 1.84. The number of aliphatic hydroxyl groups excluding tert-OH is 1. The summed E-state index contributed by atoms with van der Waals surface area (Å²) < 4.78 is 5.49. The molecule has 3 heterocycles. The van der Waals surface area contributed by atoms with Crippen molar-refractivity contribution in [2.45, 2.75) is 61.8 Å². The fraction of sp³-hybridized carbons (Fsp3) is 0.727. The quantitative estimate of drug-likeness (QED) is 0.720. The highest BCUT2D eigenvalue weighted by atomic mass is 16.5.